The zero-order valence-corrected chi connectivity index (χ0v) is 12.9. The molecule has 1 N–H and O–H groups in total. The summed E-state index contributed by atoms with van der Waals surface area (Å²) in [5, 5.41) is 2.82. The molecule has 1 rings (SSSR count). The van der Waals surface area contributed by atoms with Gasteiger partial charge < -0.3 is 5.32 Å². The predicted octanol–water partition coefficient (Wildman–Crippen LogP) is 3.17. The van der Waals surface area contributed by atoms with Gasteiger partial charge in [0.25, 0.3) is 5.91 Å². The SMILES string of the molecule is CC[C@@H](C)[C@@H]1NC(=O)N([C@@H](C)CCCC(C)C)C1=O. The summed E-state index contributed by atoms with van der Waals surface area (Å²) >= 11 is 0. The Hall–Kier alpha value is -1.06. The summed E-state index contributed by atoms with van der Waals surface area (Å²) in [6.45, 7) is 10.4. The number of hydrogen-bond donors (Lipinski definition) is 1. The van der Waals surface area contributed by atoms with E-state index < -0.39 is 0 Å². The van der Waals surface area contributed by atoms with Crippen LogP contribution in [0.3, 0.4) is 0 Å². The van der Waals surface area contributed by atoms with E-state index in [4.69, 9.17) is 0 Å². The topological polar surface area (TPSA) is 49.4 Å². The first-order valence-electron chi connectivity index (χ1n) is 7.52. The highest BCUT2D eigenvalue weighted by Gasteiger charge is 2.42. The number of carbonyl (C=O) groups is 2. The van der Waals surface area contributed by atoms with Crippen molar-refractivity contribution in [3.05, 3.63) is 0 Å². The van der Waals surface area contributed by atoms with Gasteiger partial charge in [-0.15, -0.1) is 0 Å². The summed E-state index contributed by atoms with van der Waals surface area (Å²) in [5.41, 5.74) is 0. The molecule has 0 aromatic carbocycles. The quantitative estimate of drug-likeness (QED) is 0.721. The van der Waals surface area contributed by atoms with Crippen LogP contribution in [0.4, 0.5) is 4.79 Å². The third-order valence-electron chi connectivity index (χ3n) is 4.06. The van der Waals surface area contributed by atoms with Crippen LogP contribution in [0.1, 0.15) is 60.3 Å². The van der Waals surface area contributed by atoms with E-state index in [0.29, 0.717) is 5.92 Å². The molecule has 1 heterocycles. The molecule has 3 amide bonds. The molecule has 0 aromatic heterocycles. The van der Waals surface area contributed by atoms with Crippen LogP contribution in [0.2, 0.25) is 0 Å². The van der Waals surface area contributed by atoms with E-state index in [1.165, 1.54) is 4.90 Å². The van der Waals surface area contributed by atoms with Gasteiger partial charge in [-0.3, -0.25) is 9.69 Å². The Morgan fingerprint density at radius 1 is 1.16 bits per heavy atom. The molecule has 1 saturated heterocycles. The van der Waals surface area contributed by atoms with Crippen LogP contribution < -0.4 is 5.32 Å². The Morgan fingerprint density at radius 3 is 2.32 bits per heavy atom. The van der Waals surface area contributed by atoms with Crippen LogP contribution in [-0.2, 0) is 4.79 Å². The smallest absolute Gasteiger partial charge is 0.325 e. The molecule has 0 spiro atoms. The van der Waals surface area contributed by atoms with Crippen LogP contribution in [-0.4, -0.2) is 28.9 Å². The first kappa shape index (κ1) is 16.0. The molecule has 0 bridgehead atoms. The van der Waals surface area contributed by atoms with Crippen molar-refractivity contribution in [1.29, 1.82) is 0 Å². The van der Waals surface area contributed by atoms with Crippen molar-refractivity contribution in [2.75, 3.05) is 0 Å². The van der Waals surface area contributed by atoms with Crippen LogP contribution >= 0.6 is 0 Å². The Labute approximate surface area is 116 Å². The van der Waals surface area contributed by atoms with Crippen molar-refractivity contribution in [2.24, 2.45) is 11.8 Å². The first-order chi connectivity index (χ1) is 8.88. The minimum absolute atomic E-state index is 0.000283. The van der Waals surface area contributed by atoms with Crippen molar-refractivity contribution in [3.8, 4) is 0 Å². The highest BCUT2D eigenvalue weighted by Crippen LogP contribution is 2.21. The second kappa shape index (κ2) is 6.92. The Balaban J connectivity index is 2.57. The average molecular weight is 268 g/mol. The number of imide groups is 1. The largest absolute Gasteiger partial charge is 0.326 e. The van der Waals surface area contributed by atoms with E-state index in [2.05, 4.69) is 19.2 Å². The van der Waals surface area contributed by atoms with Crippen molar-refractivity contribution < 1.29 is 9.59 Å². The van der Waals surface area contributed by atoms with Crippen LogP contribution in [0.5, 0.6) is 0 Å². The van der Waals surface area contributed by atoms with Gasteiger partial charge in [-0.25, -0.2) is 4.79 Å². The summed E-state index contributed by atoms with van der Waals surface area (Å²) in [6, 6.07) is -0.544. The molecule has 0 unspecified atom stereocenters. The molecule has 0 saturated carbocycles. The molecule has 19 heavy (non-hydrogen) atoms. The van der Waals surface area contributed by atoms with Crippen LogP contribution in [0.15, 0.2) is 0 Å². The zero-order chi connectivity index (χ0) is 14.6. The molecular weight excluding hydrogens is 240 g/mol. The van der Waals surface area contributed by atoms with E-state index in [9.17, 15) is 9.59 Å². The summed E-state index contributed by atoms with van der Waals surface area (Å²) in [7, 11) is 0. The van der Waals surface area contributed by atoms with Crippen LogP contribution in [0, 0.1) is 11.8 Å². The Bertz CT molecular complexity index is 328. The molecule has 110 valence electrons. The van der Waals surface area contributed by atoms with Gasteiger partial charge in [0, 0.05) is 6.04 Å². The first-order valence-corrected chi connectivity index (χ1v) is 7.52. The third-order valence-corrected chi connectivity index (χ3v) is 4.06. The molecule has 0 radical (unpaired) electrons. The number of hydrogen-bond acceptors (Lipinski definition) is 2. The number of rotatable bonds is 7. The summed E-state index contributed by atoms with van der Waals surface area (Å²) in [6.07, 6.45) is 3.99. The highest BCUT2D eigenvalue weighted by atomic mass is 16.2. The fourth-order valence-corrected chi connectivity index (χ4v) is 2.50. The lowest BCUT2D eigenvalue weighted by Crippen LogP contribution is -2.40. The highest BCUT2D eigenvalue weighted by molar-refractivity contribution is 6.04. The molecule has 4 heteroatoms. The maximum atomic E-state index is 12.3. The lowest BCUT2D eigenvalue weighted by atomic mass is 9.98. The van der Waals surface area contributed by atoms with Crippen molar-refractivity contribution >= 4 is 11.9 Å². The Kier molecular flexibility index (Phi) is 5.83. The van der Waals surface area contributed by atoms with Gasteiger partial charge in [0.2, 0.25) is 0 Å². The maximum absolute atomic E-state index is 12.3. The van der Waals surface area contributed by atoms with E-state index >= 15 is 0 Å². The van der Waals surface area contributed by atoms with Gasteiger partial charge >= 0.3 is 6.03 Å². The summed E-state index contributed by atoms with van der Waals surface area (Å²) in [5.74, 6) is 0.823. The van der Waals surface area contributed by atoms with E-state index in [1.54, 1.807) is 0 Å². The molecule has 1 aliphatic rings. The fraction of sp³-hybridized carbons (Fsp3) is 0.867. The van der Waals surface area contributed by atoms with Gasteiger partial charge in [0.05, 0.1) is 0 Å². The van der Waals surface area contributed by atoms with Gasteiger partial charge in [0.15, 0.2) is 0 Å². The molecule has 0 aliphatic carbocycles. The van der Waals surface area contributed by atoms with Crippen molar-refractivity contribution in [1.82, 2.24) is 10.2 Å². The standard InChI is InChI=1S/C15H28N2O2/c1-6-11(4)13-14(18)17(15(19)16-13)12(5)9-7-8-10(2)3/h10-13H,6-9H2,1-5H3,(H,16,19)/t11-,12+,13+/m1/s1. The number of nitrogens with one attached hydrogen (secondary N) is 1. The lowest BCUT2D eigenvalue weighted by Gasteiger charge is -2.22. The van der Waals surface area contributed by atoms with Gasteiger partial charge in [0.1, 0.15) is 6.04 Å². The number of nitrogens with zero attached hydrogens (tertiary/aromatic N) is 1. The van der Waals surface area contributed by atoms with Crippen molar-refractivity contribution in [3.63, 3.8) is 0 Å². The lowest BCUT2D eigenvalue weighted by molar-refractivity contribution is -0.129. The van der Waals surface area contributed by atoms with E-state index in [-0.39, 0.29) is 29.9 Å². The van der Waals surface area contributed by atoms with Gasteiger partial charge in [-0.1, -0.05) is 47.0 Å². The monoisotopic (exact) mass is 268 g/mol. The predicted molar refractivity (Wildman–Crippen MR) is 76.8 cm³/mol. The zero-order valence-electron chi connectivity index (χ0n) is 12.9. The molecule has 1 fully saturated rings. The minimum atomic E-state index is -0.329. The van der Waals surface area contributed by atoms with Gasteiger partial charge in [-0.05, 0) is 25.2 Å². The summed E-state index contributed by atoms with van der Waals surface area (Å²) in [4.78, 5) is 25.7. The second-order valence-electron chi connectivity index (χ2n) is 6.19. The number of amides is 3. The van der Waals surface area contributed by atoms with Crippen molar-refractivity contribution in [2.45, 2.75) is 72.4 Å². The number of carbonyl (C=O) groups excluding carboxylic acids is 2. The van der Waals surface area contributed by atoms with E-state index in [0.717, 1.165) is 25.7 Å². The van der Waals surface area contributed by atoms with Gasteiger partial charge in [-0.2, -0.15) is 0 Å². The molecule has 3 atom stereocenters. The third kappa shape index (κ3) is 3.95. The van der Waals surface area contributed by atoms with E-state index in [1.807, 2.05) is 20.8 Å². The second-order valence-corrected chi connectivity index (χ2v) is 6.19. The molecule has 4 nitrogen and oxygen atoms in total. The maximum Gasteiger partial charge on any atom is 0.325 e. The number of urea groups is 1. The Morgan fingerprint density at radius 2 is 1.79 bits per heavy atom. The fourth-order valence-electron chi connectivity index (χ4n) is 2.50. The molecule has 1 aliphatic heterocycles. The van der Waals surface area contributed by atoms with Crippen LogP contribution in [0.25, 0.3) is 0 Å². The average Bonchev–Trinajstić information content (AvgIpc) is 2.63. The normalized spacial score (nSPS) is 22.8. The summed E-state index contributed by atoms with van der Waals surface area (Å²) < 4.78 is 0. The minimum Gasteiger partial charge on any atom is -0.326 e. The molecular formula is C15H28N2O2. The molecule has 0 aromatic rings.